The molecule has 0 amide bonds. The highest BCUT2D eigenvalue weighted by Crippen LogP contribution is 2.23. The summed E-state index contributed by atoms with van der Waals surface area (Å²) in [6.07, 6.45) is 4.89. The lowest BCUT2D eigenvalue weighted by molar-refractivity contribution is 0.612. The maximum atomic E-state index is 6.31. The van der Waals surface area contributed by atoms with Crippen LogP contribution in [0.5, 0.6) is 0 Å². The van der Waals surface area contributed by atoms with Gasteiger partial charge in [-0.3, -0.25) is 0 Å². The van der Waals surface area contributed by atoms with Crippen molar-refractivity contribution in [3.63, 3.8) is 0 Å². The van der Waals surface area contributed by atoms with Gasteiger partial charge >= 0.3 is 0 Å². The summed E-state index contributed by atoms with van der Waals surface area (Å²) < 4.78 is 3.23. The summed E-state index contributed by atoms with van der Waals surface area (Å²) in [5, 5.41) is 0. The van der Waals surface area contributed by atoms with E-state index in [4.69, 9.17) is 5.73 Å². The SMILES string of the molecule is CCCn1ccnc1C(N)c1ccc(Br)c(C)c1. The van der Waals surface area contributed by atoms with Crippen LogP contribution in [-0.4, -0.2) is 9.55 Å². The molecule has 0 aliphatic carbocycles. The Morgan fingerprint density at radius 3 is 2.89 bits per heavy atom. The summed E-state index contributed by atoms with van der Waals surface area (Å²) in [6, 6.07) is 6.03. The van der Waals surface area contributed by atoms with Gasteiger partial charge in [0.2, 0.25) is 0 Å². The second-order valence-corrected chi connectivity index (χ2v) is 5.32. The van der Waals surface area contributed by atoms with Gasteiger partial charge in [0.1, 0.15) is 5.82 Å². The van der Waals surface area contributed by atoms with Crippen molar-refractivity contribution in [2.45, 2.75) is 32.9 Å². The molecule has 0 aliphatic heterocycles. The molecule has 96 valence electrons. The van der Waals surface area contributed by atoms with E-state index >= 15 is 0 Å². The minimum Gasteiger partial charge on any atom is -0.333 e. The Kier molecular flexibility index (Phi) is 4.19. The van der Waals surface area contributed by atoms with Crippen LogP contribution in [0.25, 0.3) is 0 Å². The minimum atomic E-state index is -0.168. The summed E-state index contributed by atoms with van der Waals surface area (Å²) in [5.74, 6) is 0.929. The molecule has 4 heteroatoms. The van der Waals surface area contributed by atoms with Gasteiger partial charge in [0.05, 0.1) is 6.04 Å². The lowest BCUT2D eigenvalue weighted by atomic mass is 10.0. The summed E-state index contributed by atoms with van der Waals surface area (Å²) in [5.41, 5.74) is 8.60. The number of aromatic nitrogens is 2. The van der Waals surface area contributed by atoms with E-state index in [0.717, 1.165) is 28.8 Å². The molecule has 1 atom stereocenters. The molecular weight excluding hydrogens is 290 g/mol. The first-order valence-corrected chi connectivity index (χ1v) is 6.95. The van der Waals surface area contributed by atoms with Crippen LogP contribution in [0.4, 0.5) is 0 Å². The van der Waals surface area contributed by atoms with Crippen LogP contribution in [-0.2, 0) is 6.54 Å². The molecule has 0 bridgehead atoms. The standard InChI is InChI=1S/C14H18BrN3/c1-3-7-18-8-6-17-14(18)13(16)11-4-5-12(15)10(2)9-11/h4-6,8-9,13H,3,7,16H2,1-2H3. The quantitative estimate of drug-likeness (QED) is 0.940. The third kappa shape index (κ3) is 2.65. The maximum Gasteiger partial charge on any atom is 0.130 e. The Balaban J connectivity index is 2.32. The molecule has 0 aliphatic rings. The van der Waals surface area contributed by atoms with Crippen molar-refractivity contribution < 1.29 is 0 Å². The van der Waals surface area contributed by atoms with Crippen molar-refractivity contribution in [1.29, 1.82) is 0 Å². The summed E-state index contributed by atoms with van der Waals surface area (Å²) in [6.45, 7) is 5.18. The molecule has 0 saturated carbocycles. The molecule has 1 unspecified atom stereocenters. The molecule has 2 N–H and O–H groups in total. The first-order chi connectivity index (χ1) is 8.63. The van der Waals surface area contributed by atoms with Gasteiger partial charge in [0.15, 0.2) is 0 Å². The summed E-state index contributed by atoms with van der Waals surface area (Å²) in [4.78, 5) is 4.39. The summed E-state index contributed by atoms with van der Waals surface area (Å²) >= 11 is 3.50. The molecule has 1 heterocycles. The fourth-order valence-electron chi connectivity index (χ4n) is 2.04. The molecule has 0 radical (unpaired) electrons. The van der Waals surface area contributed by atoms with E-state index in [1.807, 2.05) is 24.5 Å². The fourth-order valence-corrected chi connectivity index (χ4v) is 2.29. The van der Waals surface area contributed by atoms with Gasteiger partial charge in [-0.1, -0.05) is 35.0 Å². The van der Waals surface area contributed by atoms with Crippen molar-refractivity contribution >= 4 is 15.9 Å². The highest BCUT2D eigenvalue weighted by Gasteiger charge is 2.14. The Morgan fingerprint density at radius 2 is 2.22 bits per heavy atom. The number of rotatable bonds is 4. The van der Waals surface area contributed by atoms with Crippen LogP contribution in [0.3, 0.4) is 0 Å². The van der Waals surface area contributed by atoms with Gasteiger partial charge in [0, 0.05) is 23.4 Å². The monoisotopic (exact) mass is 307 g/mol. The lowest BCUT2D eigenvalue weighted by Crippen LogP contribution is -2.18. The Labute approximate surface area is 116 Å². The maximum absolute atomic E-state index is 6.31. The first kappa shape index (κ1) is 13.3. The van der Waals surface area contributed by atoms with E-state index in [0.29, 0.717) is 0 Å². The number of hydrogen-bond donors (Lipinski definition) is 1. The van der Waals surface area contributed by atoms with E-state index < -0.39 is 0 Å². The molecule has 2 rings (SSSR count). The molecule has 0 spiro atoms. The van der Waals surface area contributed by atoms with Crippen LogP contribution < -0.4 is 5.73 Å². The van der Waals surface area contributed by atoms with E-state index in [9.17, 15) is 0 Å². The van der Waals surface area contributed by atoms with Gasteiger partial charge in [-0.05, 0) is 30.5 Å². The van der Waals surface area contributed by atoms with Crippen LogP contribution in [0.2, 0.25) is 0 Å². The molecule has 0 saturated heterocycles. The van der Waals surface area contributed by atoms with Crippen LogP contribution in [0.1, 0.15) is 36.3 Å². The predicted octanol–water partition coefficient (Wildman–Crippen LogP) is 3.41. The minimum absolute atomic E-state index is 0.168. The number of hydrogen-bond acceptors (Lipinski definition) is 2. The number of imidazole rings is 1. The summed E-state index contributed by atoms with van der Waals surface area (Å²) in [7, 11) is 0. The normalized spacial score (nSPS) is 12.7. The number of benzene rings is 1. The highest BCUT2D eigenvalue weighted by atomic mass is 79.9. The number of aryl methyl sites for hydroxylation is 2. The van der Waals surface area contributed by atoms with Crippen molar-refractivity contribution in [2.75, 3.05) is 0 Å². The smallest absolute Gasteiger partial charge is 0.130 e. The second-order valence-electron chi connectivity index (χ2n) is 4.47. The number of halogens is 1. The zero-order chi connectivity index (χ0) is 13.1. The van der Waals surface area contributed by atoms with Crippen LogP contribution in [0, 0.1) is 6.92 Å². The van der Waals surface area contributed by atoms with E-state index in [2.05, 4.69) is 45.4 Å². The van der Waals surface area contributed by atoms with Crippen molar-refractivity contribution in [3.05, 3.63) is 52.0 Å². The predicted molar refractivity (Wildman–Crippen MR) is 77.4 cm³/mol. The molecule has 3 nitrogen and oxygen atoms in total. The topological polar surface area (TPSA) is 43.8 Å². The van der Waals surface area contributed by atoms with E-state index in [1.54, 1.807) is 0 Å². The third-order valence-corrected chi connectivity index (χ3v) is 3.92. The largest absolute Gasteiger partial charge is 0.333 e. The van der Waals surface area contributed by atoms with Gasteiger partial charge < -0.3 is 10.3 Å². The van der Waals surface area contributed by atoms with Crippen molar-refractivity contribution in [2.24, 2.45) is 5.73 Å². The van der Waals surface area contributed by atoms with Crippen molar-refractivity contribution in [1.82, 2.24) is 9.55 Å². The third-order valence-electron chi connectivity index (χ3n) is 3.03. The molecule has 1 aromatic heterocycles. The number of nitrogens with two attached hydrogens (primary N) is 1. The second kappa shape index (κ2) is 5.67. The molecule has 0 fully saturated rings. The Bertz CT molecular complexity index is 534. The Hall–Kier alpha value is -1.13. The van der Waals surface area contributed by atoms with Gasteiger partial charge in [-0.2, -0.15) is 0 Å². The zero-order valence-corrected chi connectivity index (χ0v) is 12.3. The fraction of sp³-hybridized carbons (Fsp3) is 0.357. The highest BCUT2D eigenvalue weighted by molar-refractivity contribution is 9.10. The van der Waals surface area contributed by atoms with Gasteiger partial charge in [-0.15, -0.1) is 0 Å². The van der Waals surface area contributed by atoms with Crippen molar-refractivity contribution in [3.8, 4) is 0 Å². The average Bonchev–Trinajstić information content (AvgIpc) is 2.80. The molecule has 1 aromatic carbocycles. The van der Waals surface area contributed by atoms with Crippen LogP contribution >= 0.6 is 15.9 Å². The van der Waals surface area contributed by atoms with Crippen LogP contribution in [0.15, 0.2) is 35.1 Å². The molecular formula is C14H18BrN3. The Morgan fingerprint density at radius 1 is 1.44 bits per heavy atom. The van der Waals surface area contributed by atoms with E-state index in [1.165, 1.54) is 5.56 Å². The number of nitrogens with zero attached hydrogens (tertiary/aromatic N) is 2. The first-order valence-electron chi connectivity index (χ1n) is 6.16. The van der Waals surface area contributed by atoms with E-state index in [-0.39, 0.29) is 6.04 Å². The average molecular weight is 308 g/mol. The molecule has 2 aromatic rings. The molecule has 18 heavy (non-hydrogen) atoms. The lowest BCUT2D eigenvalue weighted by Gasteiger charge is -2.15. The zero-order valence-electron chi connectivity index (χ0n) is 10.7. The van der Waals surface area contributed by atoms with Gasteiger partial charge in [-0.25, -0.2) is 4.98 Å². The van der Waals surface area contributed by atoms with Gasteiger partial charge in [0.25, 0.3) is 0 Å².